The number of rotatable bonds is 9. The minimum Gasteiger partial charge on any atom is -0.465 e. The fourth-order valence-electron chi connectivity index (χ4n) is 2.80. The van der Waals surface area contributed by atoms with Gasteiger partial charge in [0.1, 0.15) is 23.7 Å². The minimum absolute atomic E-state index is 0.0745. The molecule has 180 valence electrons. The summed E-state index contributed by atoms with van der Waals surface area (Å²) in [6, 6.07) is 10.7. The van der Waals surface area contributed by atoms with Gasteiger partial charge in [-0.05, 0) is 37.1 Å². The molecule has 0 unspecified atom stereocenters. The van der Waals surface area contributed by atoms with Gasteiger partial charge in [-0.2, -0.15) is 0 Å². The van der Waals surface area contributed by atoms with E-state index in [-0.39, 0.29) is 37.8 Å². The van der Waals surface area contributed by atoms with E-state index in [4.69, 9.17) is 15.2 Å². The molecule has 0 aliphatic heterocycles. The zero-order chi connectivity index (χ0) is 24.8. The van der Waals surface area contributed by atoms with Crippen molar-refractivity contribution in [2.45, 2.75) is 45.7 Å². The van der Waals surface area contributed by atoms with E-state index in [2.05, 4.69) is 5.32 Å². The van der Waals surface area contributed by atoms with Crippen LogP contribution in [0.15, 0.2) is 48.5 Å². The van der Waals surface area contributed by atoms with Crippen LogP contribution in [0.2, 0.25) is 0 Å². The van der Waals surface area contributed by atoms with E-state index < -0.39 is 29.8 Å². The Balaban J connectivity index is 0.000000335. The maximum atomic E-state index is 13.5. The Hall–Kier alpha value is -3.33. The molecule has 0 aromatic heterocycles. The summed E-state index contributed by atoms with van der Waals surface area (Å²) in [5.41, 5.74) is 6.36. The molecule has 2 aromatic rings. The maximum absolute atomic E-state index is 13.5. The molecule has 0 radical (unpaired) electrons. The van der Waals surface area contributed by atoms with E-state index in [1.807, 2.05) is 0 Å². The van der Waals surface area contributed by atoms with Crippen LogP contribution in [0.4, 0.5) is 8.78 Å². The Bertz CT molecular complexity index is 923. The minimum atomic E-state index is -0.862. The van der Waals surface area contributed by atoms with Crippen molar-refractivity contribution in [1.29, 1.82) is 0 Å². The lowest BCUT2D eigenvalue weighted by atomic mass is 10.1. The van der Waals surface area contributed by atoms with Crippen molar-refractivity contribution in [3.63, 3.8) is 0 Å². The lowest BCUT2D eigenvalue weighted by Gasteiger charge is -2.16. The molecular formula is C24H30F2N2O5. The second-order valence-corrected chi connectivity index (χ2v) is 6.95. The van der Waals surface area contributed by atoms with Crippen molar-refractivity contribution < 1.29 is 32.6 Å². The van der Waals surface area contributed by atoms with Crippen molar-refractivity contribution in [3.05, 3.63) is 71.3 Å². The Kier molecular flexibility index (Phi) is 12.3. The molecule has 0 heterocycles. The van der Waals surface area contributed by atoms with E-state index in [9.17, 15) is 23.2 Å². The van der Waals surface area contributed by atoms with Crippen molar-refractivity contribution in [2.75, 3.05) is 13.2 Å². The normalized spacial score (nSPS) is 11.9. The van der Waals surface area contributed by atoms with Gasteiger partial charge in [-0.25, -0.2) is 13.6 Å². The predicted octanol–water partition coefficient (Wildman–Crippen LogP) is 2.69. The average molecular weight is 465 g/mol. The second kappa shape index (κ2) is 14.7. The van der Waals surface area contributed by atoms with Crippen molar-refractivity contribution in [2.24, 2.45) is 5.73 Å². The van der Waals surface area contributed by atoms with Crippen LogP contribution in [0.5, 0.6) is 0 Å². The Morgan fingerprint density at radius 3 is 1.76 bits per heavy atom. The Morgan fingerprint density at radius 2 is 1.30 bits per heavy atom. The molecule has 0 saturated heterocycles. The summed E-state index contributed by atoms with van der Waals surface area (Å²) in [4.78, 5) is 33.8. The molecular weight excluding hydrogens is 434 g/mol. The van der Waals surface area contributed by atoms with E-state index in [1.54, 1.807) is 50.2 Å². The Morgan fingerprint density at radius 1 is 0.848 bits per heavy atom. The summed E-state index contributed by atoms with van der Waals surface area (Å²) in [6.45, 7) is 5.17. The molecule has 0 aliphatic carbocycles. The molecule has 0 aliphatic rings. The molecule has 0 fully saturated rings. The number of benzene rings is 2. The molecule has 2 rings (SSSR count). The molecule has 0 spiro atoms. The summed E-state index contributed by atoms with van der Waals surface area (Å²) >= 11 is 0. The predicted molar refractivity (Wildman–Crippen MR) is 119 cm³/mol. The monoisotopic (exact) mass is 464 g/mol. The van der Waals surface area contributed by atoms with Crippen LogP contribution in [0.3, 0.4) is 0 Å². The zero-order valence-electron chi connectivity index (χ0n) is 19.0. The number of hydrogen-bond acceptors (Lipinski definition) is 6. The van der Waals surface area contributed by atoms with Gasteiger partial charge in [0.15, 0.2) is 0 Å². The number of esters is 2. The highest BCUT2D eigenvalue weighted by Crippen LogP contribution is 2.10. The van der Waals surface area contributed by atoms with Crippen LogP contribution < -0.4 is 11.1 Å². The molecule has 9 heteroatoms. The highest BCUT2D eigenvalue weighted by molar-refractivity contribution is 5.83. The number of nitrogens with one attached hydrogen (secondary N) is 1. The summed E-state index contributed by atoms with van der Waals surface area (Å²) in [5.74, 6) is -2.17. The summed E-state index contributed by atoms with van der Waals surface area (Å²) in [5, 5.41) is 2.46. The van der Waals surface area contributed by atoms with E-state index in [1.165, 1.54) is 19.1 Å². The number of carbonyl (C=O) groups is 3. The van der Waals surface area contributed by atoms with Gasteiger partial charge in [0.05, 0.1) is 13.2 Å². The van der Waals surface area contributed by atoms with Crippen molar-refractivity contribution in [3.8, 4) is 0 Å². The number of amides is 1. The first-order valence-electron chi connectivity index (χ1n) is 10.5. The number of nitrogens with two attached hydrogens (primary N) is 1. The zero-order valence-corrected chi connectivity index (χ0v) is 19.0. The highest BCUT2D eigenvalue weighted by Gasteiger charge is 2.22. The standard InChI is InChI=1S/C13H16FNO3.C11H14FNO2/c1-3-18-13(17)12(15-9(2)16)8-10-6-4-5-7-11(10)14;1-2-15-11(14)10(13)7-8-5-3-4-6-9(8)12/h4-7,12H,3,8H2,1-2H3,(H,15,16);3-6,10H,2,7,13H2,1H3/t12-;10-/m00/s1. The summed E-state index contributed by atoms with van der Waals surface area (Å²) in [7, 11) is 0. The van der Waals surface area contributed by atoms with E-state index in [0.717, 1.165) is 0 Å². The third-order valence-corrected chi connectivity index (χ3v) is 4.32. The molecule has 7 nitrogen and oxygen atoms in total. The van der Waals surface area contributed by atoms with Gasteiger partial charge >= 0.3 is 11.9 Å². The first-order chi connectivity index (χ1) is 15.7. The lowest BCUT2D eigenvalue weighted by Crippen LogP contribution is -2.42. The molecule has 0 bridgehead atoms. The molecule has 3 N–H and O–H groups in total. The van der Waals surface area contributed by atoms with E-state index in [0.29, 0.717) is 11.1 Å². The first-order valence-corrected chi connectivity index (χ1v) is 10.5. The summed E-state index contributed by atoms with van der Waals surface area (Å²) in [6.07, 6.45) is 0.233. The SMILES string of the molecule is CCOC(=O)[C@@H](N)Cc1ccccc1F.CCOC(=O)[C@H](Cc1ccccc1F)NC(C)=O. The van der Waals surface area contributed by atoms with Crippen LogP contribution in [0.25, 0.3) is 0 Å². The smallest absolute Gasteiger partial charge is 0.328 e. The van der Waals surface area contributed by atoms with E-state index >= 15 is 0 Å². The molecule has 0 saturated carbocycles. The fourth-order valence-corrected chi connectivity index (χ4v) is 2.80. The molecule has 2 aromatic carbocycles. The third kappa shape index (κ3) is 10.2. The van der Waals surface area contributed by atoms with Crippen LogP contribution in [0.1, 0.15) is 31.9 Å². The molecule has 33 heavy (non-hydrogen) atoms. The van der Waals surface area contributed by atoms with Gasteiger partial charge in [-0.15, -0.1) is 0 Å². The van der Waals surface area contributed by atoms with Crippen molar-refractivity contribution in [1.82, 2.24) is 5.32 Å². The van der Waals surface area contributed by atoms with Crippen LogP contribution in [0, 0.1) is 11.6 Å². The van der Waals surface area contributed by atoms with Crippen molar-refractivity contribution >= 4 is 17.8 Å². The average Bonchev–Trinajstić information content (AvgIpc) is 2.77. The molecule has 2 atom stereocenters. The highest BCUT2D eigenvalue weighted by atomic mass is 19.1. The summed E-state index contributed by atoms with van der Waals surface area (Å²) < 4.78 is 36.2. The van der Waals surface area contributed by atoms with Gasteiger partial charge < -0.3 is 20.5 Å². The van der Waals surface area contributed by atoms with Gasteiger partial charge in [-0.1, -0.05) is 36.4 Å². The quantitative estimate of drug-likeness (QED) is 0.553. The number of halogens is 2. The topological polar surface area (TPSA) is 108 Å². The van der Waals surface area contributed by atoms with Crippen LogP contribution in [-0.4, -0.2) is 43.1 Å². The third-order valence-electron chi connectivity index (χ3n) is 4.32. The fraction of sp³-hybridized carbons (Fsp3) is 0.375. The largest absolute Gasteiger partial charge is 0.465 e. The van der Waals surface area contributed by atoms with Crippen LogP contribution >= 0.6 is 0 Å². The van der Waals surface area contributed by atoms with Gasteiger partial charge in [0.25, 0.3) is 0 Å². The second-order valence-electron chi connectivity index (χ2n) is 6.95. The maximum Gasteiger partial charge on any atom is 0.328 e. The number of hydrogen-bond donors (Lipinski definition) is 2. The van der Waals surface area contributed by atoms with Gasteiger partial charge in [0, 0.05) is 19.8 Å². The van der Waals surface area contributed by atoms with Gasteiger partial charge in [0.2, 0.25) is 5.91 Å². The van der Waals surface area contributed by atoms with Gasteiger partial charge in [-0.3, -0.25) is 9.59 Å². The number of carbonyl (C=O) groups excluding carboxylic acids is 3. The first kappa shape index (κ1) is 27.7. The lowest BCUT2D eigenvalue weighted by molar-refractivity contribution is -0.147. The van der Waals surface area contributed by atoms with Crippen LogP contribution in [-0.2, 0) is 36.7 Å². The Labute approximate surface area is 192 Å². The molecule has 1 amide bonds. The number of ether oxygens (including phenoxy) is 2.